The van der Waals surface area contributed by atoms with Gasteiger partial charge in [0.1, 0.15) is 0 Å². The molecule has 1 aliphatic heterocycles. The van der Waals surface area contributed by atoms with E-state index in [1.165, 1.54) is 25.7 Å². The van der Waals surface area contributed by atoms with Gasteiger partial charge in [-0.15, -0.1) is 0 Å². The SMILES string of the molecule is O=C1c2ccccc2N[C@H]2C(=C3CCCC3)CC[C@H]12. The fraction of sp³-hybridized carbons (Fsp3) is 0.471. The largest absolute Gasteiger partial charge is 0.377 e. The number of hydrogen-bond donors (Lipinski definition) is 1. The van der Waals surface area contributed by atoms with Crippen LogP contribution in [-0.4, -0.2) is 11.8 Å². The first-order chi connectivity index (χ1) is 9.34. The van der Waals surface area contributed by atoms with Crippen molar-refractivity contribution in [3.05, 3.63) is 41.0 Å². The number of anilines is 1. The molecule has 0 saturated heterocycles. The molecule has 1 N–H and O–H groups in total. The Balaban J connectivity index is 1.76. The summed E-state index contributed by atoms with van der Waals surface area (Å²) >= 11 is 0. The molecular weight excluding hydrogens is 234 g/mol. The zero-order chi connectivity index (χ0) is 12.8. The van der Waals surface area contributed by atoms with Crippen molar-refractivity contribution in [2.75, 3.05) is 5.32 Å². The minimum atomic E-state index is 0.179. The number of hydrogen-bond acceptors (Lipinski definition) is 2. The summed E-state index contributed by atoms with van der Waals surface area (Å²) in [6.07, 6.45) is 7.34. The summed E-state index contributed by atoms with van der Waals surface area (Å²) in [4.78, 5) is 12.6. The molecule has 2 fully saturated rings. The number of para-hydroxylation sites is 1. The van der Waals surface area contributed by atoms with E-state index in [9.17, 15) is 4.79 Å². The topological polar surface area (TPSA) is 29.1 Å². The predicted octanol–water partition coefficient (Wildman–Crippen LogP) is 3.94. The normalized spacial score (nSPS) is 29.2. The van der Waals surface area contributed by atoms with Crippen molar-refractivity contribution in [1.82, 2.24) is 0 Å². The molecule has 0 bridgehead atoms. The maximum absolute atomic E-state index is 12.6. The Morgan fingerprint density at radius 3 is 2.68 bits per heavy atom. The second kappa shape index (κ2) is 4.22. The summed E-state index contributed by atoms with van der Waals surface area (Å²) < 4.78 is 0. The van der Waals surface area contributed by atoms with Crippen LogP contribution in [0.2, 0.25) is 0 Å². The van der Waals surface area contributed by atoms with E-state index < -0.39 is 0 Å². The standard InChI is InChI=1S/C17H19NO/c19-17-13-7-3-4-8-15(13)18-16-12(9-10-14(16)17)11-5-1-2-6-11/h3-4,7-8,14,16,18H,1-2,5-6,9-10H2/t14-,16-/m0/s1. The minimum Gasteiger partial charge on any atom is -0.377 e. The second-order valence-corrected chi connectivity index (χ2v) is 6.01. The average molecular weight is 253 g/mol. The molecule has 2 nitrogen and oxygen atoms in total. The van der Waals surface area contributed by atoms with Crippen molar-refractivity contribution >= 4 is 11.5 Å². The Morgan fingerprint density at radius 1 is 1.05 bits per heavy atom. The van der Waals surface area contributed by atoms with Crippen LogP contribution in [0.4, 0.5) is 5.69 Å². The van der Waals surface area contributed by atoms with Gasteiger partial charge in [0.15, 0.2) is 5.78 Å². The number of Topliss-reactive ketones (excluding diaryl/α,β-unsaturated/α-hetero) is 1. The average Bonchev–Trinajstić information content (AvgIpc) is 3.07. The van der Waals surface area contributed by atoms with Crippen LogP contribution in [0.15, 0.2) is 35.4 Å². The van der Waals surface area contributed by atoms with Crippen molar-refractivity contribution in [2.45, 2.75) is 44.6 Å². The van der Waals surface area contributed by atoms with E-state index >= 15 is 0 Å². The highest BCUT2D eigenvalue weighted by Crippen LogP contribution is 2.44. The number of allylic oxidation sites excluding steroid dienone is 1. The third-order valence-corrected chi connectivity index (χ3v) is 5.00. The maximum Gasteiger partial charge on any atom is 0.170 e. The number of nitrogens with one attached hydrogen (secondary N) is 1. The van der Waals surface area contributed by atoms with Crippen LogP contribution in [0.1, 0.15) is 48.9 Å². The summed E-state index contributed by atoms with van der Waals surface area (Å²) in [6, 6.07) is 8.26. The van der Waals surface area contributed by atoms with E-state index in [1.807, 2.05) is 24.3 Å². The molecular formula is C17H19NO. The molecule has 0 radical (unpaired) electrons. The van der Waals surface area contributed by atoms with Gasteiger partial charge in [-0.05, 0) is 56.2 Å². The van der Waals surface area contributed by atoms with E-state index in [1.54, 1.807) is 11.1 Å². The van der Waals surface area contributed by atoms with Crippen LogP contribution >= 0.6 is 0 Å². The number of rotatable bonds is 0. The van der Waals surface area contributed by atoms with Crippen LogP contribution in [-0.2, 0) is 0 Å². The number of fused-ring (bicyclic) bond motifs is 2. The van der Waals surface area contributed by atoms with Gasteiger partial charge in [0.05, 0.1) is 6.04 Å². The van der Waals surface area contributed by atoms with Gasteiger partial charge in [-0.1, -0.05) is 17.7 Å². The molecule has 1 heterocycles. The van der Waals surface area contributed by atoms with Crippen molar-refractivity contribution in [2.24, 2.45) is 5.92 Å². The van der Waals surface area contributed by atoms with Crippen molar-refractivity contribution in [3.63, 3.8) is 0 Å². The van der Waals surface area contributed by atoms with Crippen LogP contribution < -0.4 is 5.32 Å². The number of carbonyl (C=O) groups excluding carboxylic acids is 1. The summed E-state index contributed by atoms with van der Waals surface area (Å²) in [5, 5.41) is 3.64. The molecule has 2 saturated carbocycles. The van der Waals surface area contributed by atoms with Gasteiger partial charge >= 0.3 is 0 Å². The van der Waals surface area contributed by atoms with Crippen LogP contribution in [0.25, 0.3) is 0 Å². The van der Waals surface area contributed by atoms with Gasteiger partial charge in [0.2, 0.25) is 0 Å². The highest BCUT2D eigenvalue weighted by Gasteiger charge is 2.42. The first kappa shape index (κ1) is 11.3. The molecule has 0 unspecified atom stereocenters. The number of carbonyl (C=O) groups is 1. The van der Waals surface area contributed by atoms with E-state index in [-0.39, 0.29) is 12.0 Å². The third kappa shape index (κ3) is 1.66. The molecule has 1 aromatic carbocycles. The van der Waals surface area contributed by atoms with E-state index in [2.05, 4.69) is 5.32 Å². The smallest absolute Gasteiger partial charge is 0.170 e. The highest BCUT2D eigenvalue weighted by atomic mass is 16.1. The summed E-state index contributed by atoms with van der Waals surface area (Å²) in [6.45, 7) is 0. The zero-order valence-corrected chi connectivity index (χ0v) is 11.1. The molecule has 19 heavy (non-hydrogen) atoms. The van der Waals surface area contributed by atoms with Crippen molar-refractivity contribution in [1.29, 1.82) is 0 Å². The molecule has 3 aliphatic rings. The fourth-order valence-electron chi connectivity index (χ4n) is 4.06. The van der Waals surface area contributed by atoms with Gasteiger partial charge in [0, 0.05) is 17.2 Å². The van der Waals surface area contributed by atoms with E-state index in [0.717, 1.165) is 24.1 Å². The molecule has 0 aromatic heterocycles. The van der Waals surface area contributed by atoms with Crippen molar-refractivity contribution in [3.8, 4) is 0 Å². The quantitative estimate of drug-likeness (QED) is 0.709. The first-order valence-corrected chi connectivity index (χ1v) is 7.45. The first-order valence-electron chi connectivity index (χ1n) is 7.45. The van der Waals surface area contributed by atoms with Gasteiger partial charge in [-0.25, -0.2) is 0 Å². The second-order valence-electron chi connectivity index (χ2n) is 6.01. The summed E-state index contributed by atoms with van der Waals surface area (Å²) in [5.74, 6) is 0.533. The Morgan fingerprint density at radius 2 is 1.84 bits per heavy atom. The maximum atomic E-state index is 12.6. The lowest BCUT2D eigenvalue weighted by Crippen LogP contribution is -2.36. The molecule has 4 rings (SSSR count). The van der Waals surface area contributed by atoms with E-state index in [0.29, 0.717) is 5.78 Å². The monoisotopic (exact) mass is 253 g/mol. The molecule has 98 valence electrons. The van der Waals surface area contributed by atoms with E-state index in [4.69, 9.17) is 0 Å². The minimum absolute atomic E-state index is 0.179. The lowest BCUT2D eigenvalue weighted by atomic mass is 9.86. The van der Waals surface area contributed by atoms with Gasteiger partial charge < -0.3 is 5.32 Å². The van der Waals surface area contributed by atoms with Gasteiger partial charge in [0.25, 0.3) is 0 Å². The molecule has 1 aromatic rings. The van der Waals surface area contributed by atoms with Crippen LogP contribution in [0, 0.1) is 5.92 Å². The van der Waals surface area contributed by atoms with Gasteiger partial charge in [-0.3, -0.25) is 4.79 Å². The fourth-order valence-corrected chi connectivity index (χ4v) is 4.06. The Hall–Kier alpha value is -1.57. The molecule has 0 spiro atoms. The number of ketones is 1. The number of benzene rings is 1. The Kier molecular flexibility index (Phi) is 2.51. The summed E-state index contributed by atoms with van der Waals surface area (Å²) in [5.41, 5.74) is 5.13. The van der Waals surface area contributed by atoms with Crippen molar-refractivity contribution < 1.29 is 4.79 Å². The molecule has 2 heteroatoms. The summed E-state index contributed by atoms with van der Waals surface area (Å²) in [7, 11) is 0. The molecule has 2 aliphatic carbocycles. The molecule has 0 amide bonds. The predicted molar refractivity (Wildman–Crippen MR) is 76.4 cm³/mol. The van der Waals surface area contributed by atoms with Gasteiger partial charge in [-0.2, -0.15) is 0 Å². The lowest BCUT2D eigenvalue weighted by molar-refractivity contribution is 0.0914. The lowest BCUT2D eigenvalue weighted by Gasteiger charge is -2.30. The highest BCUT2D eigenvalue weighted by molar-refractivity contribution is 6.05. The third-order valence-electron chi connectivity index (χ3n) is 5.00. The Bertz CT molecular complexity index is 564. The zero-order valence-electron chi connectivity index (χ0n) is 11.1. The Labute approximate surface area is 113 Å². The van der Waals surface area contributed by atoms with Crippen LogP contribution in [0.3, 0.4) is 0 Å². The molecule has 2 atom stereocenters. The van der Waals surface area contributed by atoms with Crippen LogP contribution in [0.5, 0.6) is 0 Å².